The van der Waals surface area contributed by atoms with Gasteiger partial charge in [-0.3, -0.25) is 0 Å². The molecule has 70 valence electrons. The third-order valence-electron chi connectivity index (χ3n) is 3.36. The van der Waals surface area contributed by atoms with Gasteiger partial charge in [0.05, 0.1) is 0 Å². The van der Waals surface area contributed by atoms with E-state index in [1.54, 1.807) is 0 Å². The van der Waals surface area contributed by atoms with Gasteiger partial charge in [0.25, 0.3) is 0 Å². The Morgan fingerprint density at radius 1 is 1.54 bits per heavy atom. The summed E-state index contributed by atoms with van der Waals surface area (Å²) >= 11 is 0. The molecule has 1 nitrogen and oxygen atoms in total. The van der Waals surface area contributed by atoms with Crippen LogP contribution in [0.4, 0.5) is 0 Å². The molecule has 2 atom stereocenters. The van der Waals surface area contributed by atoms with Gasteiger partial charge in [0.1, 0.15) is 0 Å². The molecule has 1 aliphatic rings. The Balaban J connectivity index is 2.35. The van der Waals surface area contributed by atoms with Crippen molar-refractivity contribution in [2.24, 2.45) is 5.73 Å². The molecule has 1 aromatic rings. The van der Waals surface area contributed by atoms with Crippen LogP contribution in [-0.2, 0) is 5.41 Å². The van der Waals surface area contributed by atoms with Crippen LogP contribution in [0.1, 0.15) is 30.9 Å². The molecule has 2 rings (SSSR count). The van der Waals surface area contributed by atoms with Gasteiger partial charge in [-0.1, -0.05) is 36.8 Å². The van der Waals surface area contributed by atoms with Crippen LogP contribution < -0.4 is 5.73 Å². The summed E-state index contributed by atoms with van der Waals surface area (Å²) in [5.74, 6) is 0. The number of hydrogen-bond donors (Lipinski definition) is 1. The molecule has 0 amide bonds. The third-order valence-corrected chi connectivity index (χ3v) is 3.36. The van der Waals surface area contributed by atoms with Crippen LogP contribution in [0, 0.1) is 6.92 Å². The number of rotatable bonds is 2. The van der Waals surface area contributed by atoms with Gasteiger partial charge in [0, 0.05) is 11.5 Å². The van der Waals surface area contributed by atoms with Crippen molar-refractivity contribution in [3.05, 3.63) is 35.4 Å². The van der Waals surface area contributed by atoms with E-state index >= 15 is 0 Å². The average molecular weight is 175 g/mol. The minimum Gasteiger partial charge on any atom is -0.327 e. The SMILES string of the molecule is CCC1(c2cccc(C)c2)C[C@H]1N. The Labute approximate surface area is 80.0 Å². The van der Waals surface area contributed by atoms with Gasteiger partial charge in [-0.05, 0) is 25.3 Å². The van der Waals surface area contributed by atoms with Crippen LogP contribution in [0.25, 0.3) is 0 Å². The molecule has 1 aliphatic carbocycles. The van der Waals surface area contributed by atoms with E-state index in [1.165, 1.54) is 11.1 Å². The van der Waals surface area contributed by atoms with E-state index in [2.05, 4.69) is 38.1 Å². The fourth-order valence-corrected chi connectivity index (χ4v) is 2.23. The highest BCUT2D eigenvalue weighted by molar-refractivity contribution is 5.37. The summed E-state index contributed by atoms with van der Waals surface area (Å²) in [6.07, 6.45) is 2.32. The Hall–Kier alpha value is -0.820. The lowest BCUT2D eigenvalue weighted by Gasteiger charge is -2.14. The Morgan fingerprint density at radius 3 is 2.69 bits per heavy atom. The van der Waals surface area contributed by atoms with E-state index in [4.69, 9.17) is 5.73 Å². The molecule has 1 fully saturated rings. The molecule has 2 N–H and O–H groups in total. The van der Waals surface area contributed by atoms with Gasteiger partial charge >= 0.3 is 0 Å². The molecule has 1 heteroatoms. The normalized spacial score (nSPS) is 31.8. The van der Waals surface area contributed by atoms with Crippen molar-refractivity contribution in [2.45, 2.75) is 38.1 Å². The van der Waals surface area contributed by atoms with Crippen LogP contribution in [0.15, 0.2) is 24.3 Å². The molecular weight excluding hydrogens is 158 g/mol. The van der Waals surface area contributed by atoms with Crippen LogP contribution in [0.2, 0.25) is 0 Å². The zero-order valence-electron chi connectivity index (χ0n) is 8.38. The molecule has 0 aliphatic heterocycles. The molecule has 1 aromatic carbocycles. The maximum absolute atomic E-state index is 5.99. The average Bonchev–Trinajstić information content (AvgIpc) is 2.78. The summed E-state index contributed by atoms with van der Waals surface area (Å²) in [6.45, 7) is 4.37. The first kappa shape index (κ1) is 8.76. The number of hydrogen-bond acceptors (Lipinski definition) is 1. The van der Waals surface area contributed by atoms with Gasteiger partial charge in [-0.2, -0.15) is 0 Å². The third kappa shape index (κ3) is 1.28. The van der Waals surface area contributed by atoms with Crippen LogP contribution >= 0.6 is 0 Å². The van der Waals surface area contributed by atoms with Gasteiger partial charge in [-0.25, -0.2) is 0 Å². The van der Waals surface area contributed by atoms with Gasteiger partial charge in [0.15, 0.2) is 0 Å². The summed E-state index contributed by atoms with van der Waals surface area (Å²) in [7, 11) is 0. The van der Waals surface area contributed by atoms with Gasteiger partial charge in [0.2, 0.25) is 0 Å². The second-order valence-corrected chi connectivity index (χ2v) is 4.19. The summed E-state index contributed by atoms with van der Waals surface area (Å²) in [5.41, 5.74) is 9.08. The summed E-state index contributed by atoms with van der Waals surface area (Å²) < 4.78 is 0. The molecule has 0 saturated heterocycles. The lowest BCUT2D eigenvalue weighted by Crippen LogP contribution is -2.17. The van der Waals surface area contributed by atoms with Crippen molar-refractivity contribution in [3.63, 3.8) is 0 Å². The van der Waals surface area contributed by atoms with Crippen molar-refractivity contribution in [1.29, 1.82) is 0 Å². The van der Waals surface area contributed by atoms with Crippen molar-refractivity contribution in [1.82, 2.24) is 0 Å². The molecule has 0 spiro atoms. The highest BCUT2D eigenvalue weighted by Gasteiger charge is 2.51. The maximum Gasteiger partial charge on any atom is 0.0146 e. The first-order valence-electron chi connectivity index (χ1n) is 5.02. The van der Waals surface area contributed by atoms with Crippen molar-refractivity contribution < 1.29 is 0 Å². The highest BCUT2D eigenvalue weighted by atomic mass is 14.8. The smallest absolute Gasteiger partial charge is 0.0146 e. The summed E-state index contributed by atoms with van der Waals surface area (Å²) in [6, 6.07) is 9.15. The number of aryl methyl sites for hydroxylation is 1. The maximum atomic E-state index is 5.99. The Kier molecular flexibility index (Phi) is 1.92. The zero-order valence-corrected chi connectivity index (χ0v) is 8.38. The minimum atomic E-state index is 0.312. The molecule has 0 heterocycles. The van der Waals surface area contributed by atoms with E-state index < -0.39 is 0 Å². The van der Waals surface area contributed by atoms with E-state index in [0.717, 1.165) is 12.8 Å². The predicted molar refractivity (Wildman–Crippen MR) is 55.7 cm³/mol. The molecule has 0 aromatic heterocycles. The molecule has 0 radical (unpaired) electrons. The van der Waals surface area contributed by atoms with Crippen molar-refractivity contribution in [3.8, 4) is 0 Å². The second kappa shape index (κ2) is 2.85. The quantitative estimate of drug-likeness (QED) is 0.733. The van der Waals surface area contributed by atoms with Crippen molar-refractivity contribution >= 4 is 0 Å². The largest absolute Gasteiger partial charge is 0.327 e. The summed E-state index contributed by atoms with van der Waals surface area (Å²) in [4.78, 5) is 0. The number of benzene rings is 1. The summed E-state index contributed by atoms with van der Waals surface area (Å²) in [5, 5.41) is 0. The number of nitrogens with two attached hydrogens (primary N) is 1. The lowest BCUT2D eigenvalue weighted by molar-refractivity contribution is 0.634. The molecule has 0 bridgehead atoms. The standard InChI is InChI=1S/C12H17N/c1-3-12(8-11(12)13)10-6-4-5-9(2)7-10/h4-7,11H,3,8,13H2,1-2H3/t11-,12?/m1/s1. The van der Waals surface area contributed by atoms with E-state index in [-0.39, 0.29) is 0 Å². The molecule has 1 unspecified atom stereocenters. The Morgan fingerprint density at radius 2 is 2.23 bits per heavy atom. The van der Waals surface area contributed by atoms with Gasteiger partial charge in [-0.15, -0.1) is 0 Å². The van der Waals surface area contributed by atoms with Crippen LogP contribution in [0.3, 0.4) is 0 Å². The molecular formula is C12H17N. The van der Waals surface area contributed by atoms with Crippen molar-refractivity contribution in [2.75, 3.05) is 0 Å². The van der Waals surface area contributed by atoms with E-state index in [0.29, 0.717) is 11.5 Å². The monoisotopic (exact) mass is 175 g/mol. The Bertz CT molecular complexity index is 315. The first-order valence-corrected chi connectivity index (χ1v) is 5.02. The topological polar surface area (TPSA) is 26.0 Å². The lowest BCUT2D eigenvalue weighted by atomic mass is 9.91. The molecule has 1 saturated carbocycles. The molecule has 13 heavy (non-hydrogen) atoms. The minimum absolute atomic E-state index is 0.312. The van der Waals surface area contributed by atoms with Crippen LogP contribution in [0.5, 0.6) is 0 Å². The fraction of sp³-hybridized carbons (Fsp3) is 0.500. The highest BCUT2D eigenvalue weighted by Crippen LogP contribution is 2.49. The first-order chi connectivity index (χ1) is 6.19. The van der Waals surface area contributed by atoms with Gasteiger partial charge < -0.3 is 5.73 Å². The predicted octanol–water partition coefficient (Wildman–Crippen LogP) is 2.37. The fourth-order valence-electron chi connectivity index (χ4n) is 2.23. The van der Waals surface area contributed by atoms with E-state index in [1.807, 2.05) is 0 Å². The second-order valence-electron chi connectivity index (χ2n) is 4.19. The van der Waals surface area contributed by atoms with E-state index in [9.17, 15) is 0 Å². The van der Waals surface area contributed by atoms with Crippen LogP contribution in [-0.4, -0.2) is 6.04 Å². The zero-order chi connectivity index (χ0) is 9.47.